The first-order valence-corrected chi connectivity index (χ1v) is 6.20. The van der Waals surface area contributed by atoms with Crippen LogP contribution in [0.15, 0.2) is 11.8 Å². The molecular weight excluding hydrogens is 202 g/mol. The van der Waals surface area contributed by atoms with E-state index in [0.717, 1.165) is 50.7 Å². The Morgan fingerprint density at radius 2 is 2.00 bits per heavy atom. The molecule has 0 aromatic heterocycles. The summed E-state index contributed by atoms with van der Waals surface area (Å²) >= 11 is 0. The molecule has 0 bridgehead atoms. The van der Waals surface area contributed by atoms with Gasteiger partial charge in [0.15, 0.2) is 5.78 Å². The third kappa shape index (κ3) is 1.88. The zero-order chi connectivity index (χ0) is 11.6. The second-order valence-electron chi connectivity index (χ2n) is 5.08. The molecule has 16 heavy (non-hydrogen) atoms. The number of Topliss-reactive ketones (excluding diaryl/α,β-unsaturated/α-hetero) is 1. The second kappa shape index (κ2) is 4.58. The molecule has 0 spiro atoms. The van der Waals surface area contributed by atoms with Gasteiger partial charge in [0.05, 0.1) is 18.4 Å². The molecule has 0 saturated heterocycles. The van der Waals surface area contributed by atoms with E-state index in [1.54, 1.807) is 6.26 Å². The highest BCUT2D eigenvalue weighted by Gasteiger charge is 2.44. The number of carbonyl (C=O) groups is 1. The number of hydrogen-bond acceptors (Lipinski definition) is 3. The monoisotopic (exact) mass is 223 g/mol. The number of carbonyl (C=O) groups excluding carboxylic acids is 1. The van der Waals surface area contributed by atoms with Gasteiger partial charge in [-0.15, -0.1) is 0 Å². The fourth-order valence-electron chi connectivity index (χ4n) is 2.87. The van der Waals surface area contributed by atoms with Crippen molar-refractivity contribution in [3.8, 4) is 0 Å². The lowest BCUT2D eigenvalue weighted by Gasteiger charge is -2.35. The van der Waals surface area contributed by atoms with Crippen LogP contribution in [0, 0.1) is 0 Å². The van der Waals surface area contributed by atoms with Crippen molar-refractivity contribution >= 4 is 5.78 Å². The third-order valence-electron chi connectivity index (χ3n) is 3.93. The van der Waals surface area contributed by atoms with E-state index >= 15 is 0 Å². The highest BCUT2D eigenvalue weighted by molar-refractivity contribution is 6.02. The van der Waals surface area contributed by atoms with Crippen molar-refractivity contribution in [1.82, 2.24) is 4.90 Å². The van der Waals surface area contributed by atoms with Gasteiger partial charge >= 0.3 is 0 Å². The molecule has 0 amide bonds. The van der Waals surface area contributed by atoms with E-state index in [1.165, 1.54) is 0 Å². The van der Waals surface area contributed by atoms with Crippen LogP contribution in [-0.2, 0) is 9.53 Å². The second-order valence-corrected chi connectivity index (χ2v) is 5.08. The number of hydrogen-bond donors (Lipinski definition) is 0. The Bertz CT molecular complexity index is 301. The van der Waals surface area contributed by atoms with Crippen LogP contribution in [0.4, 0.5) is 0 Å². The summed E-state index contributed by atoms with van der Waals surface area (Å²) in [7, 11) is 4.04. The van der Waals surface area contributed by atoms with Gasteiger partial charge in [-0.1, -0.05) is 12.8 Å². The number of ether oxygens (including phenoxy) is 1. The molecule has 0 aromatic rings. The summed E-state index contributed by atoms with van der Waals surface area (Å²) in [6.07, 6.45) is 7.87. The van der Waals surface area contributed by atoms with Crippen LogP contribution in [0.2, 0.25) is 0 Å². The Hall–Kier alpha value is -0.830. The van der Waals surface area contributed by atoms with E-state index in [-0.39, 0.29) is 5.54 Å². The van der Waals surface area contributed by atoms with Crippen LogP contribution < -0.4 is 0 Å². The van der Waals surface area contributed by atoms with Crippen LogP contribution in [-0.4, -0.2) is 36.9 Å². The molecular formula is C13H21NO2. The molecule has 0 atom stereocenters. The molecule has 1 saturated carbocycles. The van der Waals surface area contributed by atoms with Gasteiger partial charge in [-0.05, 0) is 39.8 Å². The maximum atomic E-state index is 12.6. The van der Waals surface area contributed by atoms with Crippen LogP contribution in [0.1, 0.15) is 38.5 Å². The summed E-state index contributed by atoms with van der Waals surface area (Å²) in [5, 5.41) is 0. The topological polar surface area (TPSA) is 29.5 Å². The summed E-state index contributed by atoms with van der Waals surface area (Å²) in [5.41, 5.74) is 0.647. The van der Waals surface area contributed by atoms with Crippen molar-refractivity contribution in [2.75, 3.05) is 20.7 Å². The van der Waals surface area contributed by atoms with E-state index in [0.29, 0.717) is 5.78 Å². The summed E-state index contributed by atoms with van der Waals surface area (Å²) in [6.45, 7) is 0.756. The average Bonchev–Trinajstić information content (AvgIpc) is 2.79. The summed E-state index contributed by atoms with van der Waals surface area (Å²) in [5.74, 6) is 0.301. The zero-order valence-corrected chi connectivity index (χ0v) is 10.3. The van der Waals surface area contributed by atoms with E-state index < -0.39 is 0 Å². The fraction of sp³-hybridized carbons (Fsp3) is 0.769. The van der Waals surface area contributed by atoms with Crippen LogP contribution >= 0.6 is 0 Å². The highest BCUT2D eigenvalue weighted by Crippen LogP contribution is 2.37. The van der Waals surface area contributed by atoms with Gasteiger partial charge < -0.3 is 4.74 Å². The zero-order valence-electron chi connectivity index (χ0n) is 10.3. The third-order valence-corrected chi connectivity index (χ3v) is 3.93. The maximum Gasteiger partial charge on any atom is 0.182 e. The summed E-state index contributed by atoms with van der Waals surface area (Å²) in [6, 6.07) is 0. The van der Waals surface area contributed by atoms with Gasteiger partial charge in [0.2, 0.25) is 0 Å². The van der Waals surface area contributed by atoms with Crippen molar-refractivity contribution in [1.29, 1.82) is 0 Å². The van der Waals surface area contributed by atoms with Gasteiger partial charge in [-0.3, -0.25) is 9.69 Å². The minimum atomic E-state index is -0.244. The normalized spacial score (nSPS) is 24.1. The first kappa shape index (κ1) is 11.6. The molecule has 3 nitrogen and oxygen atoms in total. The Morgan fingerprint density at radius 3 is 2.50 bits per heavy atom. The molecule has 1 heterocycles. The van der Waals surface area contributed by atoms with Crippen LogP contribution in [0.25, 0.3) is 0 Å². The largest absolute Gasteiger partial charge is 0.501 e. The van der Waals surface area contributed by atoms with Gasteiger partial charge in [-0.2, -0.15) is 0 Å². The smallest absolute Gasteiger partial charge is 0.182 e. The molecule has 90 valence electrons. The van der Waals surface area contributed by atoms with Gasteiger partial charge in [0, 0.05) is 5.57 Å². The lowest BCUT2D eigenvalue weighted by atomic mass is 9.85. The molecule has 0 aromatic carbocycles. The fourth-order valence-corrected chi connectivity index (χ4v) is 2.87. The van der Waals surface area contributed by atoms with Crippen LogP contribution in [0.3, 0.4) is 0 Å². The first-order chi connectivity index (χ1) is 7.67. The summed E-state index contributed by atoms with van der Waals surface area (Å²) in [4.78, 5) is 14.7. The molecule has 2 aliphatic rings. The molecule has 0 N–H and O–H groups in total. The average molecular weight is 223 g/mol. The molecule has 1 aliphatic heterocycles. The SMILES string of the molecule is CN(C)C1(C(=O)C2=COCCC2)CCCC1. The van der Waals surface area contributed by atoms with Gasteiger partial charge in [-0.25, -0.2) is 0 Å². The van der Waals surface area contributed by atoms with Crippen molar-refractivity contribution in [3.05, 3.63) is 11.8 Å². The molecule has 0 unspecified atom stereocenters. The minimum absolute atomic E-state index is 0.244. The van der Waals surface area contributed by atoms with E-state index in [2.05, 4.69) is 4.90 Å². The number of nitrogens with zero attached hydrogens (tertiary/aromatic N) is 1. The van der Waals surface area contributed by atoms with Crippen molar-refractivity contribution in [3.63, 3.8) is 0 Å². The predicted octanol–water partition coefficient (Wildman–Crippen LogP) is 2.12. The molecule has 2 rings (SSSR count). The van der Waals surface area contributed by atoms with Crippen molar-refractivity contribution in [2.24, 2.45) is 0 Å². The van der Waals surface area contributed by atoms with Gasteiger partial charge in [0.25, 0.3) is 0 Å². The lowest BCUT2D eigenvalue weighted by molar-refractivity contribution is -0.126. The first-order valence-electron chi connectivity index (χ1n) is 6.20. The lowest BCUT2D eigenvalue weighted by Crippen LogP contribution is -2.49. The van der Waals surface area contributed by atoms with E-state index in [1.807, 2.05) is 14.1 Å². The van der Waals surface area contributed by atoms with Crippen molar-refractivity contribution < 1.29 is 9.53 Å². The van der Waals surface area contributed by atoms with E-state index in [9.17, 15) is 4.79 Å². The quantitative estimate of drug-likeness (QED) is 0.734. The van der Waals surface area contributed by atoms with E-state index in [4.69, 9.17) is 4.74 Å². The maximum absolute atomic E-state index is 12.6. The molecule has 1 aliphatic carbocycles. The standard InChI is InChI=1S/C13H21NO2/c1-14(2)13(7-3-4-8-13)12(15)11-6-5-9-16-10-11/h10H,3-9H2,1-2H3. The number of likely N-dealkylation sites (N-methyl/N-ethyl adjacent to an activating group) is 1. The predicted molar refractivity (Wildman–Crippen MR) is 63.2 cm³/mol. The molecule has 3 heteroatoms. The summed E-state index contributed by atoms with van der Waals surface area (Å²) < 4.78 is 5.29. The Kier molecular flexibility index (Phi) is 3.33. The highest BCUT2D eigenvalue weighted by atomic mass is 16.5. The number of ketones is 1. The van der Waals surface area contributed by atoms with Crippen molar-refractivity contribution in [2.45, 2.75) is 44.1 Å². The van der Waals surface area contributed by atoms with Gasteiger partial charge in [0.1, 0.15) is 0 Å². The Balaban J connectivity index is 2.20. The number of rotatable bonds is 3. The minimum Gasteiger partial charge on any atom is -0.501 e. The Labute approximate surface area is 97.5 Å². The molecule has 0 radical (unpaired) electrons. The van der Waals surface area contributed by atoms with Crippen LogP contribution in [0.5, 0.6) is 0 Å². The Morgan fingerprint density at radius 1 is 1.31 bits per heavy atom. The molecule has 1 fully saturated rings.